The number of nitrogens with zero attached hydrogens (tertiary/aromatic N) is 1. The number of Topliss-reactive ketones (excluding diaryl/α,β-unsaturated/α-hetero) is 1. The number of hydrogen-bond donors (Lipinski definition) is 1. The minimum Gasteiger partial charge on any atom is -0.488 e. The maximum absolute atomic E-state index is 11.9. The monoisotopic (exact) mass is 395 g/mol. The Balaban J connectivity index is 1.83. The standard InChI is InChI=1S/C16H14BrNO6/c17-7-13(19)12-5-9-1-2-10(6-14(9)24-15(12)20)23-11-3-4-18(8-11)16(21)22/h1-2,5-6,11H,3-4,7-8H2,(H,21,22). The van der Waals surface area contributed by atoms with Crippen LogP contribution in [0, 0.1) is 0 Å². The molecular weight excluding hydrogens is 382 g/mol. The first-order valence-electron chi connectivity index (χ1n) is 7.29. The Morgan fingerprint density at radius 2 is 2.17 bits per heavy atom. The summed E-state index contributed by atoms with van der Waals surface area (Å²) >= 11 is 3.03. The molecule has 0 radical (unpaired) electrons. The molecule has 8 heteroatoms. The Bertz CT molecular complexity index is 861. The zero-order chi connectivity index (χ0) is 17.3. The van der Waals surface area contributed by atoms with Gasteiger partial charge in [0, 0.05) is 24.4 Å². The number of likely N-dealkylation sites (tertiary alicyclic amines) is 1. The number of ether oxygens (including phenoxy) is 1. The highest BCUT2D eigenvalue weighted by Gasteiger charge is 2.27. The Morgan fingerprint density at radius 3 is 2.83 bits per heavy atom. The highest BCUT2D eigenvalue weighted by molar-refractivity contribution is 9.09. The fourth-order valence-corrected chi connectivity index (χ4v) is 2.92. The topological polar surface area (TPSA) is 97.1 Å². The Hall–Kier alpha value is -2.35. The average molecular weight is 396 g/mol. The molecule has 0 aliphatic carbocycles. The zero-order valence-corrected chi connectivity index (χ0v) is 14.1. The van der Waals surface area contributed by atoms with E-state index in [1.807, 2.05) is 0 Å². The van der Waals surface area contributed by atoms with Crippen molar-refractivity contribution in [3.05, 3.63) is 40.2 Å². The van der Waals surface area contributed by atoms with Crippen molar-refractivity contribution in [3.8, 4) is 5.75 Å². The van der Waals surface area contributed by atoms with E-state index in [0.29, 0.717) is 36.2 Å². The highest BCUT2D eigenvalue weighted by atomic mass is 79.9. The summed E-state index contributed by atoms with van der Waals surface area (Å²) in [6.45, 7) is 0.733. The number of carboxylic acid groups (broad SMARTS) is 1. The lowest BCUT2D eigenvalue weighted by Crippen LogP contribution is -2.29. The summed E-state index contributed by atoms with van der Waals surface area (Å²) in [4.78, 5) is 35.8. The van der Waals surface area contributed by atoms with Crippen LogP contribution in [-0.4, -0.2) is 46.4 Å². The molecule has 1 N–H and O–H groups in total. The van der Waals surface area contributed by atoms with E-state index in [9.17, 15) is 14.4 Å². The molecule has 0 spiro atoms. The molecule has 2 aromatic rings. The van der Waals surface area contributed by atoms with Gasteiger partial charge in [-0.1, -0.05) is 15.9 Å². The van der Waals surface area contributed by atoms with Gasteiger partial charge in [0.15, 0.2) is 5.78 Å². The largest absolute Gasteiger partial charge is 0.488 e. The van der Waals surface area contributed by atoms with E-state index in [-0.39, 0.29) is 22.8 Å². The normalized spacial score (nSPS) is 17.2. The van der Waals surface area contributed by atoms with Gasteiger partial charge in [-0.3, -0.25) is 4.79 Å². The predicted molar refractivity (Wildman–Crippen MR) is 89.2 cm³/mol. The minimum absolute atomic E-state index is 0.000867. The molecule has 1 amide bonds. The second-order valence-electron chi connectivity index (χ2n) is 5.46. The van der Waals surface area contributed by atoms with Gasteiger partial charge in [0.25, 0.3) is 0 Å². The molecule has 7 nitrogen and oxygen atoms in total. The van der Waals surface area contributed by atoms with Crippen LogP contribution < -0.4 is 10.4 Å². The van der Waals surface area contributed by atoms with Crippen LogP contribution in [0.2, 0.25) is 0 Å². The van der Waals surface area contributed by atoms with Crippen LogP contribution in [0.3, 0.4) is 0 Å². The number of rotatable bonds is 4. The third kappa shape index (κ3) is 3.28. The number of carbonyl (C=O) groups excluding carboxylic acids is 1. The van der Waals surface area contributed by atoms with Crippen LogP contribution in [-0.2, 0) is 0 Å². The highest BCUT2D eigenvalue weighted by Crippen LogP contribution is 2.24. The summed E-state index contributed by atoms with van der Waals surface area (Å²) in [7, 11) is 0. The Labute approximate surface area is 144 Å². The van der Waals surface area contributed by atoms with Crippen molar-refractivity contribution in [2.75, 3.05) is 18.4 Å². The van der Waals surface area contributed by atoms with Gasteiger partial charge in [-0.15, -0.1) is 0 Å². The molecule has 24 heavy (non-hydrogen) atoms. The van der Waals surface area contributed by atoms with Crippen molar-refractivity contribution in [2.24, 2.45) is 0 Å². The van der Waals surface area contributed by atoms with Crippen LogP contribution in [0.5, 0.6) is 5.75 Å². The minimum atomic E-state index is -0.963. The maximum atomic E-state index is 11.9. The Morgan fingerprint density at radius 1 is 1.38 bits per heavy atom. The third-order valence-electron chi connectivity index (χ3n) is 3.85. The van der Waals surface area contributed by atoms with E-state index in [2.05, 4.69) is 15.9 Å². The van der Waals surface area contributed by atoms with Crippen LogP contribution in [0.4, 0.5) is 4.79 Å². The molecule has 3 rings (SSSR count). The van der Waals surface area contributed by atoms with Crippen molar-refractivity contribution in [1.82, 2.24) is 4.90 Å². The molecule has 1 saturated heterocycles. The fraction of sp³-hybridized carbons (Fsp3) is 0.312. The number of benzene rings is 1. The quantitative estimate of drug-likeness (QED) is 0.485. The molecule has 1 aromatic carbocycles. The second-order valence-corrected chi connectivity index (χ2v) is 6.02. The number of halogens is 1. The predicted octanol–water partition coefficient (Wildman–Crippen LogP) is 2.50. The first kappa shape index (κ1) is 16.5. The summed E-state index contributed by atoms with van der Waals surface area (Å²) in [6.07, 6.45) is -0.596. The van der Waals surface area contributed by atoms with Crippen molar-refractivity contribution in [1.29, 1.82) is 0 Å². The number of hydrogen-bond acceptors (Lipinski definition) is 5. The summed E-state index contributed by atoms with van der Waals surface area (Å²) < 4.78 is 11.0. The van der Waals surface area contributed by atoms with E-state index in [1.54, 1.807) is 18.2 Å². The van der Waals surface area contributed by atoms with Gasteiger partial charge in [-0.05, 0) is 18.2 Å². The lowest BCUT2D eigenvalue weighted by atomic mass is 10.1. The van der Waals surface area contributed by atoms with Crippen molar-refractivity contribution in [2.45, 2.75) is 12.5 Å². The first-order valence-corrected chi connectivity index (χ1v) is 8.41. The zero-order valence-electron chi connectivity index (χ0n) is 12.5. The first-order chi connectivity index (χ1) is 11.5. The molecule has 1 aliphatic heterocycles. The van der Waals surface area contributed by atoms with Gasteiger partial charge in [0.1, 0.15) is 23.0 Å². The van der Waals surface area contributed by atoms with Gasteiger partial charge in [0.05, 0.1) is 11.9 Å². The lowest BCUT2D eigenvalue weighted by Gasteiger charge is -2.14. The molecule has 1 aliphatic rings. The molecule has 126 valence electrons. The fourth-order valence-electron chi connectivity index (χ4n) is 2.62. The molecule has 0 saturated carbocycles. The van der Waals surface area contributed by atoms with E-state index >= 15 is 0 Å². The molecule has 1 aromatic heterocycles. The number of carbonyl (C=O) groups is 2. The molecule has 1 atom stereocenters. The second kappa shape index (κ2) is 6.64. The van der Waals surface area contributed by atoms with E-state index < -0.39 is 11.7 Å². The molecule has 2 heterocycles. The number of fused-ring (bicyclic) bond motifs is 1. The van der Waals surface area contributed by atoms with Gasteiger partial charge in [0.2, 0.25) is 0 Å². The summed E-state index contributed by atoms with van der Waals surface area (Å²) in [6, 6.07) is 6.47. The maximum Gasteiger partial charge on any atom is 0.407 e. The van der Waals surface area contributed by atoms with Gasteiger partial charge in [-0.25, -0.2) is 9.59 Å². The van der Waals surface area contributed by atoms with Crippen LogP contribution in [0.25, 0.3) is 11.0 Å². The summed E-state index contributed by atoms with van der Waals surface area (Å²) in [5.41, 5.74) is -0.375. The number of ketones is 1. The van der Waals surface area contributed by atoms with E-state index in [0.717, 1.165) is 0 Å². The van der Waals surface area contributed by atoms with Crippen molar-refractivity contribution < 1.29 is 23.8 Å². The molecular formula is C16H14BrNO6. The number of amides is 1. The van der Waals surface area contributed by atoms with E-state index in [4.69, 9.17) is 14.3 Å². The Kier molecular flexibility index (Phi) is 4.57. The molecule has 1 fully saturated rings. The van der Waals surface area contributed by atoms with E-state index in [1.165, 1.54) is 11.0 Å². The van der Waals surface area contributed by atoms with Crippen LogP contribution in [0.1, 0.15) is 16.8 Å². The lowest BCUT2D eigenvalue weighted by molar-refractivity contribution is 0.102. The number of alkyl halides is 1. The molecule has 0 bridgehead atoms. The van der Waals surface area contributed by atoms with Crippen LogP contribution >= 0.6 is 15.9 Å². The van der Waals surface area contributed by atoms with Crippen molar-refractivity contribution >= 4 is 38.8 Å². The van der Waals surface area contributed by atoms with Crippen molar-refractivity contribution in [3.63, 3.8) is 0 Å². The van der Waals surface area contributed by atoms with Gasteiger partial charge >= 0.3 is 11.7 Å². The average Bonchev–Trinajstić information content (AvgIpc) is 3.02. The van der Waals surface area contributed by atoms with Crippen LogP contribution in [0.15, 0.2) is 33.5 Å². The molecule has 1 unspecified atom stereocenters. The van der Waals surface area contributed by atoms with Gasteiger partial charge in [-0.2, -0.15) is 0 Å². The smallest absolute Gasteiger partial charge is 0.407 e. The summed E-state index contributed by atoms with van der Waals surface area (Å²) in [5.74, 6) is 0.146. The van der Waals surface area contributed by atoms with Gasteiger partial charge < -0.3 is 19.2 Å². The third-order valence-corrected chi connectivity index (χ3v) is 4.36. The SMILES string of the molecule is O=C(CBr)c1cc2ccc(OC3CCN(C(=O)O)C3)cc2oc1=O. The summed E-state index contributed by atoms with van der Waals surface area (Å²) in [5, 5.41) is 9.61.